The summed E-state index contributed by atoms with van der Waals surface area (Å²) in [6.07, 6.45) is 4.86. The first kappa shape index (κ1) is 13.9. The first-order valence-electron chi connectivity index (χ1n) is 5.71. The molecule has 0 radical (unpaired) electrons. The van der Waals surface area contributed by atoms with E-state index >= 15 is 0 Å². The minimum absolute atomic E-state index is 0.0415. The fourth-order valence-electron chi connectivity index (χ4n) is 1.57. The number of hydrogen-bond acceptors (Lipinski definition) is 3. The van der Waals surface area contributed by atoms with Crippen molar-refractivity contribution in [1.29, 1.82) is 0 Å². The van der Waals surface area contributed by atoms with Gasteiger partial charge in [-0.25, -0.2) is 0 Å². The second-order valence-electron chi connectivity index (χ2n) is 3.98. The van der Waals surface area contributed by atoms with Crippen molar-refractivity contribution in [2.45, 2.75) is 13.3 Å². The molecule has 3 nitrogen and oxygen atoms in total. The van der Waals surface area contributed by atoms with Gasteiger partial charge in [0.1, 0.15) is 5.78 Å². The minimum Gasteiger partial charge on any atom is -0.388 e. The van der Waals surface area contributed by atoms with Gasteiger partial charge >= 0.3 is 0 Å². The highest BCUT2D eigenvalue weighted by Gasteiger charge is 2.01. The quantitative estimate of drug-likeness (QED) is 0.617. The third-order valence-corrected chi connectivity index (χ3v) is 2.45. The summed E-state index contributed by atoms with van der Waals surface area (Å²) in [4.78, 5) is 22.1. The van der Waals surface area contributed by atoms with Gasteiger partial charge in [0.05, 0.1) is 6.42 Å². The van der Waals surface area contributed by atoms with Crippen LogP contribution in [0.25, 0.3) is 12.2 Å². The molecule has 1 rings (SSSR count). The van der Waals surface area contributed by atoms with Crippen LogP contribution >= 0.6 is 0 Å². The number of anilines is 1. The van der Waals surface area contributed by atoms with Crippen molar-refractivity contribution in [3.05, 3.63) is 42.0 Å². The van der Waals surface area contributed by atoms with Gasteiger partial charge in [0.15, 0.2) is 5.78 Å². The van der Waals surface area contributed by atoms with Crippen LogP contribution in [0.15, 0.2) is 30.9 Å². The average Bonchev–Trinajstić information content (AvgIpc) is 2.35. The Bertz CT molecular complexity index is 501. The normalized spacial score (nSPS) is 10.3. The number of nitrogens with one attached hydrogen (secondary N) is 1. The van der Waals surface area contributed by atoms with Crippen LogP contribution in [-0.2, 0) is 9.59 Å². The minimum atomic E-state index is -0.179. The molecule has 0 aliphatic rings. The van der Waals surface area contributed by atoms with Crippen LogP contribution in [0.5, 0.6) is 0 Å². The van der Waals surface area contributed by atoms with Crippen LogP contribution in [0.1, 0.15) is 24.5 Å². The van der Waals surface area contributed by atoms with E-state index in [1.165, 1.54) is 13.0 Å². The predicted molar refractivity (Wildman–Crippen MR) is 75.4 cm³/mol. The van der Waals surface area contributed by atoms with Gasteiger partial charge in [-0.3, -0.25) is 9.59 Å². The smallest absolute Gasteiger partial charge is 0.163 e. The van der Waals surface area contributed by atoms with E-state index in [9.17, 15) is 9.59 Å². The molecule has 0 aromatic heterocycles. The summed E-state index contributed by atoms with van der Waals surface area (Å²) in [7, 11) is 1.83. The SMILES string of the molecule is C=Cc1ccc(/C=C/C(=O)CC(C)=O)cc1NC. The molecule has 0 heterocycles. The average molecular weight is 243 g/mol. The molecular formula is C15H17NO2. The topological polar surface area (TPSA) is 46.2 Å². The molecule has 1 aromatic carbocycles. The molecule has 0 bridgehead atoms. The number of benzene rings is 1. The summed E-state index contributed by atoms with van der Waals surface area (Å²) in [5, 5.41) is 3.06. The van der Waals surface area contributed by atoms with Gasteiger partial charge in [0, 0.05) is 12.7 Å². The molecule has 18 heavy (non-hydrogen) atoms. The first-order valence-corrected chi connectivity index (χ1v) is 5.71. The van der Waals surface area contributed by atoms with Crippen LogP contribution in [-0.4, -0.2) is 18.6 Å². The van der Waals surface area contributed by atoms with Crippen LogP contribution in [0.4, 0.5) is 5.69 Å². The number of carbonyl (C=O) groups is 2. The third kappa shape index (κ3) is 4.01. The molecule has 0 unspecified atom stereocenters. The summed E-state index contributed by atoms with van der Waals surface area (Å²) in [5.41, 5.74) is 2.86. The molecule has 0 spiro atoms. The summed E-state index contributed by atoms with van der Waals surface area (Å²) in [6.45, 7) is 5.13. The summed E-state index contributed by atoms with van der Waals surface area (Å²) < 4.78 is 0. The van der Waals surface area contributed by atoms with E-state index < -0.39 is 0 Å². The zero-order valence-electron chi connectivity index (χ0n) is 10.7. The third-order valence-electron chi connectivity index (χ3n) is 2.45. The van der Waals surface area contributed by atoms with E-state index in [2.05, 4.69) is 11.9 Å². The maximum atomic E-state index is 11.4. The summed E-state index contributed by atoms with van der Waals surface area (Å²) >= 11 is 0. The zero-order chi connectivity index (χ0) is 13.5. The molecule has 0 fully saturated rings. The van der Waals surface area contributed by atoms with Crippen LogP contribution in [0, 0.1) is 0 Å². The van der Waals surface area contributed by atoms with E-state index in [0.29, 0.717) is 0 Å². The number of hydrogen-bond donors (Lipinski definition) is 1. The number of allylic oxidation sites excluding steroid dienone is 1. The Morgan fingerprint density at radius 2 is 2.11 bits per heavy atom. The number of carbonyl (C=O) groups excluding carboxylic acids is 2. The Morgan fingerprint density at radius 1 is 1.39 bits per heavy atom. The second-order valence-corrected chi connectivity index (χ2v) is 3.98. The van der Waals surface area contributed by atoms with E-state index in [4.69, 9.17) is 0 Å². The van der Waals surface area contributed by atoms with E-state index in [-0.39, 0.29) is 18.0 Å². The lowest BCUT2D eigenvalue weighted by Crippen LogP contribution is -2.00. The Morgan fingerprint density at radius 3 is 2.67 bits per heavy atom. The van der Waals surface area contributed by atoms with Crippen LogP contribution in [0.3, 0.4) is 0 Å². The molecule has 0 aliphatic carbocycles. The highest BCUT2D eigenvalue weighted by atomic mass is 16.1. The summed E-state index contributed by atoms with van der Waals surface area (Å²) in [6, 6.07) is 5.75. The lowest BCUT2D eigenvalue weighted by Gasteiger charge is -2.06. The van der Waals surface area contributed by atoms with Crippen molar-refractivity contribution in [3.63, 3.8) is 0 Å². The van der Waals surface area contributed by atoms with Gasteiger partial charge < -0.3 is 5.32 Å². The van der Waals surface area contributed by atoms with Gasteiger partial charge in [-0.05, 0) is 30.2 Å². The molecule has 3 heteroatoms. The van der Waals surface area contributed by atoms with Crippen molar-refractivity contribution >= 4 is 29.4 Å². The Kier molecular flexibility index (Phi) is 5.06. The number of rotatable bonds is 6. The summed E-state index contributed by atoms with van der Waals surface area (Å²) in [5.74, 6) is -0.302. The van der Waals surface area contributed by atoms with Crippen LogP contribution in [0.2, 0.25) is 0 Å². The van der Waals surface area contributed by atoms with Crippen molar-refractivity contribution in [2.75, 3.05) is 12.4 Å². The van der Waals surface area contributed by atoms with E-state index in [1.54, 1.807) is 12.2 Å². The van der Waals surface area contributed by atoms with E-state index in [1.807, 2.05) is 25.2 Å². The number of Topliss-reactive ketones (excluding diaryl/α,β-unsaturated/α-hetero) is 1. The molecule has 0 saturated carbocycles. The highest BCUT2D eigenvalue weighted by molar-refractivity contribution is 6.05. The van der Waals surface area contributed by atoms with E-state index in [0.717, 1.165) is 16.8 Å². The van der Waals surface area contributed by atoms with Crippen molar-refractivity contribution in [2.24, 2.45) is 0 Å². The fourth-order valence-corrected chi connectivity index (χ4v) is 1.57. The monoisotopic (exact) mass is 243 g/mol. The predicted octanol–water partition coefficient (Wildman–Crippen LogP) is 2.93. The fraction of sp³-hybridized carbons (Fsp3) is 0.200. The second kappa shape index (κ2) is 6.55. The van der Waals surface area contributed by atoms with Gasteiger partial charge in [-0.15, -0.1) is 0 Å². The standard InChI is InChI=1S/C15H17NO2/c1-4-13-7-5-12(10-15(13)16-3)6-8-14(18)9-11(2)17/h4-8,10,16H,1,9H2,2-3H3/b8-6+. The largest absolute Gasteiger partial charge is 0.388 e. The lowest BCUT2D eigenvalue weighted by molar-refractivity contribution is -0.123. The Hall–Kier alpha value is -2.16. The van der Waals surface area contributed by atoms with Gasteiger partial charge in [-0.1, -0.05) is 30.9 Å². The highest BCUT2D eigenvalue weighted by Crippen LogP contribution is 2.19. The van der Waals surface area contributed by atoms with Crippen molar-refractivity contribution < 1.29 is 9.59 Å². The van der Waals surface area contributed by atoms with Gasteiger partial charge in [0.2, 0.25) is 0 Å². The molecule has 1 aromatic rings. The number of ketones is 2. The van der Waals surface area contributed by atoms with Gasteiger partial charge in [0.25, 0.3) is 0 Å². The van der Waals surface area contributed by atoms with Crippen LogP contribution < -0.4 is 5.32 Å². The first-order chi connectivity index (χ1) is 8.56. The van der Waals surface area contributed by atoms with Crippen molar-refractivity contribution in [3.8, 4) is 0 Å². The Labute approximate surface area is 107 Å². The van der Waals surface area contributed by atoms with Gasteiger partial charge in [-0.2, -0.15) is 0 Å². The molecular weight excluding hydrogens is 226 g/mol. The Balaban J connectivity index is 2.85. The maximum absolute atomic E-state index is 11.4. The molecule has 0 saturated heterocycles. The molecule has 0 aliphatic heterocycles. The zero-order valence-corrected chi connectivity index (χ0v) is 10.7. The molecule has 0 amide bonds. The lowest BCUT2D eigenvalue weighted by atomic mass is 10.1. The molecule has 0 atom stereocenters. The maximum Gasteiger partial charge on any atom is 0.163 e. The molecule has 1 N–H and O–H groups in total. The molecule has 94 valence electrons. The van der Waals surface area contributed by atoms with Crippen molar-refractivity contribution in [1.82, 2.24) is 0 Å².